The molecule has 0 N–H and O–H groups in total. The number of nitrogens with zero attached hydrogens (tertiary/aromatic N) is 1. The fourth-order valence-electron chi connectivity index (χ4n) is 2.93. The average molecular weight is 418 g/mol. The Balaban J connectivity index is 1.96. The van der Waals surface area contributed by atoms with Crippen molar-refractivity contribution < 1.29 is 17.6 Å². The minimum Gasteiger partial charge on any atom is -0.455 e. The van der Waals surface area contributed by atoms with Gasteiger partial charge in [-0.1, -0.05) is 41.9 Å². The predicted molar refractivity (Wildman–Crippen MR) is 111 cm³/mol. The maximum Gasteiger partial charge on any atom is 0.417 e. The molecule has 0 amide bonds. The Kier molecular flexibility index (Phi) is 5.99. The molecule has 3 aromatic rings. The highest BCUT2D eigenvalue weighted by Crippen LogP contribution is 2.39. The second kappa shape index (κ2) is 8.29. The smallest absolute Gasteiger partial charge is 0.417 e. The third-order valence-corrected chi connectivity index (χ3v) is 4.84. The van der Waals surface area contributed by atoms with E-state index in [0.29, 0.717) is 11.5 Å². The molecule has 0 radical (unpaired) electrons. The second-order valence-corrected chi connectivity index (χ2v) is 7.06. The number of benzene rings is 2. The maximum absolute atomic E-state index is 13.4. The maximum atomic E-state index is 13.4. The zero-order valence-corrected chi connectivity index (χ0v) is 16.9. The molecule has 0 unspecified atom stereocenters. The van der Waals surface area contributed by atoms with Crippen LogP contribution in [0.25, 0.3) is 16.9 Å². The molecule has 2 nitrogen and oxygen atoms in total. The fraction of sp³-hybridized carbons (Fsp3) is 0.174. The van der Waals surface area contributed by atoms with Crippen LogP contribution < -0.4 is 0 Å². The van der Waals surface area contributed by atoms with Gasteiger partial charge < -0.3 is 4.42 Å². The molecule has 0 bridgehead atoms. The van der Waals surface area contributed by atoms with E-state index in [9.17, 15) is 13.2 Å². The van der Waals surface area contributed by atoms with Crippen LogP contribution in [0.2, 0.25) is 5.02 Å². The SMILES string of the molecule is CC(=N/C(C)=C(\C)c1ccccc1)c1ccc(-c2ccc(Cl)cc2C(F)(F)F)o1. The van der Waals surface area contributed by atoms with E-state index in [0.717, 1.165) is 22.9 Å². The molecule has 0 aliphatic rings. The first-order valence-electron chi connectivity index (χ1n) is 8.92. The van der Waals surface area contributed by atoms with E-state index in [4.69, 9.17) is 16.0 Å². The van der Waals surface area contributed by atoms with Crippen molar-refractivity contribution in [2.75, 3.05) is 0 Å². The van der Waals surface area contributed by atoms with Gasteiger partial charge in [-0.3, -0.25) is 4.99 Å². The molecule has 0 saturated carbocycles. The summed E-state index contributed by atoms with van der Waals surface area (Å²) in [7, 11) is 0. The van der Waals surface area contributed by atoms with Gasteiger partial charge in [-0.05, 0) is 62.2 Å². The zero-order valence-electron chi connectivity index (χ0n) is 16.1. The molecule has 6 heteroatoms. The van der Waals surface area contributed by atoms with Crippen molar-refractivity contribution in [2.24, 2.45) is 4.99 Å². The first-order valence-corrected chi connectivity index (χ1v) is 9.30. The lowest BCUT2D eigenvalue weighted by Crippen LogP contribution is -2.06. The Morgan fingerprint density at radius 2 is 1.62 bits per heavy atom. The van der Waals surface area contributed by atoms with Crippen molar-refractivity contribution in [3.05, 3.63) is 88.3 Å². The van der Waals surface area contributed by atoms with Crippen molar-refractivity contribution in [3.8, 4) is 11.3 Å². The van der Waals surface area contributed by atoms with Crippen LogP contribution in [0.5, 0.6) is 0 Å². The van der Waals surface area contributed by atoms with E-state index in [1.807, 2.05) is 44.2 Å². The minimum atomic E-state index is -4.54. The number of hydrogen-bond acceptors (Lipinski definition) is 2. The number of aliphatic imine (C=N–C) groups is 1. The predicted octanol–water partition coefficient (Wildman–Crippen LogP) is 7.88. The van der Waals surface area contributed by atoms with Crippen LogP contribution in [0.3, 0.4) is 0 Å². The normalized spacial score (nSPS) is 13.4. The number of rotatable bonds is 4. The Morgan fingerprint density at radius 3 is 2.28 bits per heavy atom. The van der Waals surface area contributed by atoms with E-state index in [-0.39, 0.29) is 16.3 Å². The van der Waals surface area contributed by atoms with E-state index in [1.54, 1.807) is 13.0 Å². The topological polar surface area (TPSA) is 25.5 Å². The third kappa shape index (κ3) is 4.80. The summed E-state index contributed by atoms with van der Waals surface area (Å²) < 4.78 is 45.8. The van der Waals surface area contributed by atoms with Gasteiger partial charge in [0, 0.05) is 16.3 Å². The third-order valence-electron chi connectivity index (χ3n) is 4.60. The molecule has 0 aliphatic heterocycles. The molecular formula is C23H19ClF3NO. The van der Waals surface area contributed by atoms with E-state index in [2.05, 4.69) is 4.99 Å². The van der Waals surface area contributed by atoms with Gasteiger partial charge in [0.15, 0.2) is 0 Å². The number of allylic oxidation sites excluding steroid dienone is 2. The largest absolute Gasteiger partial charge is 0.455 e. The average Bonchev–Trinajstić information content (AvgIpc) is 3.17. The number of halogens is 4. The lowest BCUT2D eigenvalue weighted by molar-refractivity contribution is -0.137. The van der Waals surface area contributed by atoms with E-state index in [1.165, 1.54) is 18.2 Å². The summed E-state index contributed by atoms with van der Waals surface area (Å²) in [4.78, 5) is 4.57. The Hall–Kier alpha value is -2.79. The van der Waals surface area contributed by atoms with Gasteiger partial charge in [0.25, 0.3) is 0 Å². The minimum absolute atomic E-state index is 0.0164. The van der Waals surface area contributed by atoms with Crippen LogP contribution in [0, 0.1) is 0 Å². The quantitative estimate of drug-likeness (QED) is 0.396. The van der Waals surface area contributed by atoms with Gasteiger partial charge in [-0.15, -0.1) is 0 Å². The molecule has 29 heavy (non-hydrogen) atoms. The number of hydrogen-bond donors (Lipinski definition) is 0. The summed E-state index contributed by atoms with van der Waals surface area (Å²) in [5, 5.41) is 0.0164. The van der Waals surface area contributed by atoms with Crippen molar-refractivity contribution in [1.82, 2.24) is 0 Å². The molecule has 3 rings (SSSR count). The molecule has 0 saturated heterocycles. The van der Waals surface area contributed by atoms with Crippen LogP contribution in [-0.2, 0) is 6.18 Å². The van der Waals surface area contributed by atoms with Crippen molar-refractivity contribution in [2.45, 2.75) is 26.9 Å². The Labute approximate surface area is 172 Å². The van der Waals surface area contributed by atoms with Gasteiger partial charge in [-0.2, -0.15) is 13.2 Å². The van der Waals surface area contributed by atoms with Crippen LogP contribution in [0.4, 0.5) is 13.2 Å². The Bertz CT molecular complexity index is 1080. The van der Waals surface area contributed by atoms with Gasteiger partial charge in [0.2, 0.25) is 0 Å². The van der Waals surface area contributed by atoms with Gasteiger partial charge in [0.1, 0.15) is 11.5 Å². The molecule has 150 valence electrons. The second-order valence-electron chi connectivity index (χ2n) is 6.63. The summed E-state index contributed by atoms with van der Waals surface area (Å²) in [5.41, 5.74) is 2.54. The summed E-state index contributed by atoms with van der Waals surface area (Å²) in [6, 6.07) is 16.6. The van der Waals surface area contributed by atoms with Crippen molar-refractivity contribution >= 4 is 22.9 Å². The lowest BCUT2D eigenvalue weighted by Gasteiger charge is -2.11. The van der Waals surface area contributed by atoms with Gasteiger partial charge in [-0.25, -0.2) is 0 Å². The monoisotopic (exact) mass is 417 g/mol. The molecule has 0 aliphatic carbocycles. The zero-order chi connectivity index (χ0) is 21.2. The van der Waals surface area contributed by atoms with Crippen LogP contribution >= 0.6 is 11.6 Å². The summed E-state index contributed by atoms with van der Waals surface area (Å²) in [6.07, 6.45) is -4.54. The van der Waals surface area contributed by atoms with Gasteiger partial charge in [0.05, 0.1) is 11.3 Å². The highest BCUT2D eigenvalue weighted by Gasteiger charge is 2.34. The van der Waals surface area contributed by atoms with Crippen LogP contribution in [0.1, 0.15) is 37.7 Å². The molecule has 0 spiro atoms. The summed E-state index contributed by atoms with van der Waals surface area (Å²) in [5.74, 6) is 0.517. The standard InChI is InChI=1S/C23H19ClF3NO/c1-14(17-7-5-4-6-8-17)15(2)28-16(3)21-11-12-22(29-21)19-10-9-18(24)13-20(19)23(25,26)27/h4-13H,1-3H3/b15-14+,28-16?. The van der Waals surface area contributed by atoms with Gasteiger partial charge >= 0.3 is 6.18 Å². The first kappa shape index (κ1) is 20.9. The summed E-state index contributed by atoms with van der Waals surface area (Å²) in [6.45, 7) is 5.62. The molecule has 1 heterocycles. The highest BCUT2D eigenvalue weighted by molar-refractivity contribution is 6.30. The molecular weight excluding hydrogens is 399 g/mol. The van der Waals surface area contributed by atoms with Crippen molar-refractivity contribution in [3.63, 3.8) is 0 Å². The van der Waals surface area contributed by atoms with Crippen LogP contribution in [0.15, 0.2) is 75.8 Å². The summed E-state index contributed by atoms with van der Waals surface area (Å²) >= 11 is 5.75. The van der Waals surface area contributed by atoms with E-state index >= 15 is 0 Å². The number of alkyl halides is 3. The molecule has 0 fully saturated rings. The fourth-order valence-corrected chi connectivity index (χ4v) is 3.10. The van der Waals surface area contributed by atoms with E-state index < -0.39 is 11.7 Å². The molecule has 0 atom stereocenters. The first-order chi connectivity index (χ1) is 13.7. The Morgan fingerprint density at radius 1 is 0.931 bits per heavy atom. The van der Waals surface area contributed by atoms with Crippen molar-refractivity contribution in [1.29, 1.82) is 0 Å². The highest BCUT2D eigenvalue weighted by atomic mass is 35.5. The molecule has 1 aromatic heterocycles. The lowest BCUT2D eigenvalue weighted by atomic mass is 10.1. The molecule has 2 aromatic carbocycles. The van der Waals surface area contributed by atoms with Crippen LogP contribution in [-0.4, -0.2) is 5.71 Å². The number of furan rings is 1.